The molecule has 4 rings (SSSR count). The minimum atomic E-state index is -0.498. The van der Waals surface area contributed by atoms with Gasteiger partial charge in [0.2, 0.25) is 0 Å². The Balaban J connectivity index is 1.63. The number of hydrogen-bond acceptors (Lipinski definition) is 4. The molecular weight excluding hydrogens is 397 g/mol. The molecule has 0 unspecified atom stereocenters. The molecule has 1 saturated carbocycles. The van der Waals surface area contributed by atoms with E-state index >= 15 is 0 Å². The fourth-order valence-corrected chi connectivity index (χ4v) is 4.70. The number of ketones is 1. The molecule has 0 amide bonds. The van der Waals surface area contributed by atoms with Gasteiger partial charge in [0.25, 0.3) is 0 Å². The molecule has 2 aromatic carbocycles. The van der Waals surface area contributed by atoms with Crippen LogP contribution in [0.1, 0.15) is 42.1 Å². The Bertz CT molecular complexity index is 1000. The average molecular weight is 416 g/mol. The van der Waals surface area contributed by atoms with E-state index in [1.807, 2.05) is 24.3 Å². The summed E-state index contributed by atoms with van der Waals surface area (Å²) in [7, 11) is 0. The second kappa shape index (κ2) is 8.45. The zero-order valence-electron chi connectivity index (χ0n) is 15.1. The Labute approximate surface area is 172 Å². The van der Waals surface area contributed by atoms with Gasteiger partial charge in [0.15, 0.2) is 16.8 Å². The van der Waals surface area contributed by atoms with Crippen LogP contribution in [0.15, 0.2) is 53.7 Å². The highest BCUT2D eigenvalue weighted by atomic mass is 35.5. The maximum atomic E-state index is 13.9. The van der Waals surface area contributed by atoms with Gasteiger partial charge >= 0.3 is 0 Å². The number of carbonyl (C=O) groups is 1. The zero-order chi connectivity index (χ0) is 19.5. The molecule has 3 aromatic rings. The number of Topliss-reactive ketones (excluding diaryl/α,β-unsaturated/α-hetero) is 1. The van der Waals surface area contributed by atoms with E-state index in [2.05, 4.69) is 14.8 Å². The van der Waals surface area contributed by atoms with Gasteiger partial charge in [-0.15, -0.1) is 10.2 Å². The summed E-state index contributed by atoms with van der Waals surface area (Å²) in [4.78, 5) is 12.5. The predicted molar refractivity (Wildman–Crippen MR) is 109 cm³/mol. The Morgan fingerprint density at radius 2 is 1.82 bits per heavy atom. The van der Waals surface area contributed by atoms with Gasteiger partial charge < -0.3 is 0 Å². The van der Waals surface area contributed by atoms with Crippen molar-refractivity contribution in [3.8, 4) is 11.4 Å². The third kappa shape index (κ3) is 3.84. The van der Waals surface area contributed by atoms with E-state index in [-0.39, 0.29) is 23.1 Å². The molecule has 28 heavy (non-hydrogen) atoms. The summed E-state index contributed by atoms with van der Waals surface area (Å²) >= 11 is 7.68. The molecule has 0 bridgehead atoms. The third-order valence-corrected chi connectivity index (χ3v) is 6.25. The maximum Gasteiger partial charge on any atom is 0.192 e. The van der Waals surface area contributed by atoms with Crippen LogP contribution in [0.4, 0.5) is 4.39 Å². The minimum absolute atomic E-state index is 0.105. The van der Waals surface area contributed by atoms with E-state index in [0.29, 0.717) is 10.2 Å². The Kier molecular flexibility index (Phi) is 5.78. The molecular formula is C21H19ClFN3OS. The number of aromatic nitrogens is 3. The number of rotatable bonds is 6. The van der Waals surface area contributed by atoms with Gasteiger partial charge in [0.1, 0.15) is 5.82 Å². The maximum absolute atomic E-state index is 13.9. The molecule has 0 spiro atoms. The van der Waals surface area contributed by atoms with Gasteiger partial charge in [-0.2, -0.15) is 0 Å². The Morgan fingerprint density at radius 1 is 1.11 bits per heavy atom. The average Bonchev–Trinajstić information content (AvgIpc) is 3.36. The minimum Gasteiger partial charge on any atom is -0.299 e. The summed E-state index contributed by atoms with van der Waals surface area (Å²) in [5.74, 6) is 0.0673. The van der Waals surface area contributed by atoms with Crippen LogP contribution in [0.2, 0.25) is 5.02 Å². The van der Waals surface area contributed by atoms with Gasteiger partial charge in [-0.1, -0.05) is 60.5 Å². The first-order valence-electron chi connectivity index (χ1n) is 9.25. The summed E-state index contributed by atoms with van der Waals surface area (Å²) < 4.78 is 16.0. The third-order valence-electron chi connectivity index (χ3n) is 4.98. The first-order valence-corrected chi connectivity index (χ1v) is 10.6. The molecule has 1 aromatic heterocycles. The summed E-state index contributed by atoms with van der Waals surface area (Å²) in [6, 6.07) is 13.9. The SMILES string of the molecule is O=C(CSc1nnc(-c2ccccc2Cl)n1C1CCCC1)c1ccccc1F. The molecule has 1 aliphatic carbocycles. The summed E-state index contributed by atoms with van der Waals surface area (Å²) in [6.07, 6.45) is 4.40. The van der Waals surface area contributed by atoms with E-state index in [1.54, 1.807) is 12.1 Å². The molecule has 0 atom stereocenters. The van der Waals surface area contributed by atoms with Crippen LogP contribution in [0.25, 0.3) is 11.4 Å². The highest BCUT2D eigenvalue weighted by Crippen LogP contribution is 2.38. The van der Waals surface area contributed by atoms with Crippen molar-refractivity contribution in [3.05, 3.63) is 64.9 Å². The largest absolute Gasteiger partial charge is 0.299 e. The van der Waals surface area contributed by atoms with Crippen molar-refractivity contribution in [1.82, 2.24) is 14.8 Å². The summed E-state index contributed by atoms with van der Waals surface area (Å²) in [6.45, 7) is 0. The molecule has 144 valence electrons. The van der Waals surface area contributed by atoms with Crippen LogP contribution >= 0.6 is 23.4 Å². The normalized spacial score (nSPS) is 14.5. The van der Waals surface area contributed by atoms with Crippen molar-refractivity contribution in [2.24, 2.45) is 0 Å². The molecule has 1 aliphatic rings. The van der Waals surface area contributed by atoms with Crippen LogP contribution < -0.4 is 0 Å². The summed E-state index contributed by atoms with van der Waals surface area (Å²) in [5.41, 5.74) is 0.934. The number of halogens is 2. The second-order valence-electron chi connectivity index (χ2n) is 6.79. The lowest BCUT2D eigenvalue weighted by atomic mass is 10.1. The first kappa shape index (κ1) is 19.2. The standard InChI is InChI=1S/C21H19ClFN3OS/c22-17-11-5-3-9-15(17)20-24-25-21(26(20)14-7-1-2-8-14)28-13-19(27)16-10-4-6-12-18(16)23/h3-6,9-12,14H,1-2,7-8,13H2. The molecule has 0 saturated heterocycles. The van der Waals surface area contributed by atoms with Crippen molar-refractivity contribution in [1.29, 1.82) is 0 Å². The van der Waals surface area contributed by atoms with Crippen molar-refractivity contribution in [2.75, 3.05) is 5.75 Å². The van der Waals surface area contributed by atoms with E-state index in [1.165, 1.54) is 23.9 Å². The molecule has 0 aliphatic heterocycles. The lowest BCUT2D eigenvalue weighted by Crippen LogP contribution is -2.10. The van der Waals surface area contributed by atoms with Crippen molar-refractivity contribution in [2.45, 2.75) is 36.9 Å². The van der Waals surface area contributed by atoms with E-state index < -0.39 is 5.82 Å². The molecule has 7 heteroatoms. The quantitative estimate of drug-likeness (QED) is 0.375. The zero-order valence-corrected chi connectivity index (χ0v) is 16.7. The van der Waals surface area contributed by atoms with Crippen molar-refractivity contribution in [3.63, 3.8) is 0 Å². The van der Waals surface area contributed by atoms with Gasteiger partial charge in [-0.05, 0) is 37.1 Å². The highest BCUT2D eigenvalue weighted by Gasteiger charge is 2.26. The number of thioether (sulfide) groups is 1. The number of nitrogens with zero attached hydrogens (tertiary/aromatic N) is 3. The summed E-state index contributed by atoms with van der Waals surface area (Å²) in [5, 5.41) is 10.0. The molecule has 0 radical (unpaired) electrons. The van der Waals surface area contributed by atoms with Crippen LogP contribution in [0.5, 0.6) is 0 Å². The number of hydrogen-bond donors (Lipinski definition) is 0. The number of benzene rings is 2. The fraction of sp³-hybridized carbons (Fsp3) is 0.286. The monoisotopic (exact) mass is 415 g/mol. The van der Waals surface area contributed by atoms with Crippen LogP contribution in [-0.4, -0.2) is 26.3 Å². The fourth-order valence-electron chi connectivity index (χ4n) is 3.59. The Morgan fingerprint density at radius 3 is 2.57 bits per heavy atom. The lowest BCUT2D eigenvalue weighted by Gasteiger charge is -2.17. The van der Waals surface area contributed by atoms with Crippen LogP contribution in [0, 0.1) is 5.82 Å². The molecule has 0 N–H and O–H groups in total. The van der Waals surface area contributed by atoms with Crippen LogP contribution in [0.3, 0.4) is 0 Å². The van der Waals surface area contributed by atoms with Gasteiger partial charge in [-0.25, -0.2) is 4.39 Å². The molecule has 4 nitrogen and oxygen atoms in total. The van der Waals surface area contributed by atoms with E-state index in [9.17, 15) is 9.18 Å². The predicted octanol–water partition coefficient (Wildman–Crippen LogP) is 5.83. The smallest absolute Gasteiger partial charge is 0.192 e. The van der Waals surface area contributed by atoms with Crippen molar-refractivity contribution >= 4 is 29.1 Å². The van der Waals surface area contributed by atoms with Gasteiger partial charge in [0.05, 0.1) is 16.3 Å². The van der Waals surface area contributed by atoms with E-state index in [4.69, 9.17) is 11.6 Å². The number of carbonyl (C=O) groups excluding carboxylic acids is 1. The highest BCUT2D eigenvalue weighted by molar-refractivity contribution is 7.99. The lowest BCUT2D eigenvalue weighted by molar-refractivity contribution is 0.101. The molecule has 1 fully saturated rings. The topological polar surface area (TPSA) is 47.8 Å². The van der Waals surface area contributed by atoms with Crippen molar-refractivity contribution < 1.29 is 9.18 Å². The molecule has 1 heterocycles. The second-order valence-corrected chi connectivity index (χ2v) is 8.14. The van der Waals surface area contributed by atoms with E-state index in [0.717, 1.165) is 37.1 Å². The Hall–Kier alpha value is -2.18. The van der Waals surface area contributed by atoms with Gasteiger partial charge in [0, 0.05) is 11.6 Å². The first-order chi connectivity index (χ1) is 13.6. The van der Waals surface area contributed by atoms with Gasteiger partial charge in [-0.3, -0.25) is 9.36 Å². The van der Waals surface area contributed by atoms with Crippen LogP contribution in [-0.2, 0) is 0 Å².